The SMILES string of the molecule is COc1ccc(NS(=O)(=O)c2ccc(C(=O)[O-])cc2)cc1Cl. The lowest BCUT2D eigenvalue weighted by molar-refractivity contribution is -0.255. The molecule has 0 aliphatic carbocycles. The summed E-state index contributed by atoms with van der Waals surface area (Å²) in [7, 11) is -2.41. The van der Waals surface area contributed by atoms with Gasteiger partial charge in [0.15, 0.2) is 0 Å². The summed E-state index contributed by atoms with van der Waals surface area (Å²) >= 11 is 5.93. The van der Waals surface area contributed by atoms with Gasteiger partial charge in [-0.25, -0.2) is 8.42 Å². The van der Waals surface area contributed by atoms with Gasteiger partial charge >= 0.3 is 0 Å². The summed E-state index contributed by atoms with van der Waals surface area (Å²) in [5, 5.41) is 10.9. The first-order valence-electron chi connectivity index (χ1n) is 6.01. The highest BCUT2D eigenvalue weighted by Crippen LogP contribution is 2.28. The number of carbonyl (C=O) groups excluding carboxylic acids is 1. The van der Waals surface area contributed by atoms with Gasteiger partial charge in [0.05, 0.1) is 28.7 Å². The number of rotatable bonds is 5. The molecule has 0 spiro atoms. The van der Waals surface area contributed by atoms with E-state index >= 15 is 0 Å². The normalized spacial score (nSPS) is 11.0. The fourth-order valence-electron chi connectivity index (χ4n) is 1.71. The van der Waals surface area contributed by atoms with Gasteiger partial charge in [-0.1, -0.05) is 23.7 Å². The number of methoxy groups -OCH3 is 1. The zero-order chi connectivity index (χ0) is 16.3. The molecule has 0 heterocycles. The Morgan fingerprint density at radius 1 is 1.18 bits per heavy atom. The third-order valence-electron chi connectivity index (χ3n) is 2.80. The lowest BCUT2D eigenvalue weighted by atomic mass is 10.2. The predicted molar refractivity (Wildman–Crippen MR) is 79.6 cm³/mol. The van der Waals surface area contributed by atoms with Crippen molar-refractivity contribution >= 4 is 33.3 Å². The highest BCUT2D eigenvalue weighted by atomic mass is 35.5. The van der Waals surface area contributed by atoms with Crippen LogP contribution in [-0.2, 0) is 10.0 Å². The van der Waals surface area contributed by atoms with Gasteiger partial charge in [0.25, 0.3) is 10.0 Å². The van der Waals surface area contributed by atoms with E-state index in [9.17, 15) is 18.3 Å². The Morgan fingerprint density at radius 3 is 2.32 bits per heavy atom. The van der Waals surface area contributed by atoms with Crippen LogP contribution in [0.4, 0.5) is 5.69 Å². The van der Waals surface area contributed by atoms with Crippen LogP contribution in [0.5, 0.6) is 5.75 Å². The van der Waals surface area contributed by atoms with Gasteiger partial charge in [0.2, 0.25) is 0 Å². The molecule has 0 atom stereocenters. The first-order chi connectivity index (χ1) is 10.3. The van der Waals surface area contributed by atoms with Crippen molar-refractivity contribution in [2.45, 2.75) is 4.90 Å². The van der Waals surface area contributed by atoms with Gasteiger partial charge in [-0.3, -0.25) is 4.72 Å². The average molecular weight is 341 g/mol. The third-order valence-corrected chi connectivity index (χ3v) is 4.50. The monoisotopic (exact) mass is 340 g/mol. The molecule has 0 bridgehead atoms. The van der Waals surface area contributed by atoms with Crippen molar-refractivity contribution < 1.29 is 23.1 Å². The maximum Gasteiger partial charge on any atom is 0.261 e. The van der Waals surface area contributed by atoms with E-state index in [0.29, 0.717) is 5.75 Å². The number of carbonyl (C=O) groups is 1. The molecule has 22 heavy (non-hydrogen) atoms. The zero-order valence-electron chi connectivity index (χ0n) is 11.4. The summed E-state index contributed by atoms with van der Waals surface area (Å²) in [6, 6.07) is 9.11. The summed E-state index contributed by atoms with van der Waals surface area (Å²) < 4.78 is 31.7. The van der Waals surface area contributed by atoms with E-state index in [1.54, 1.807) is 0 Å². The topological polar surface area (TPSA) is 95.5 Å². The van der Waals surface area contributed by atoms with Crippen molar-refractivity contribution in [3.05, 3.63) is 53.1 Å². The minimum atomic E-state index is -3.85. The molecule has 2 rings (SSSR count). The molecule has 1 N–H and O–H groups in total. The Labute approximate surface area is 132 Å². The minimum Gasteiger partial charge on any atom is -0.545 e. The van der Waals surface area contributed by atoms with E-state index in [1.807, 2.05) is 0 Å². The molecule has 6 nitrogen and oxygen atoms in total. The Hall–Kier alpha value is -2.25. The molecule has 0 saturated carbocycles. The van der Waals surface area contributed by atoms with Gasteiger partial charge in [-0.15, -0.1) is 0 Å². The molecule has 8 heteroatoms. The number of aromatic carboxylic acids is 1. The molecule has 0 aliphatic heterocycles. The Morgan fingerprint density at radius 2 is 1.82 bits per heavy atom. The molecule has 0 saturated heterocycles. The number of carboxylic acids is 1. The maximum absolute atomic E-state index is 12.2. The van der Waals surface area contributed by atoms with Gasteiger partial charge in [0, 0.05) is 0 Å². The fraction of sp³-hybridized carbons (Fsp3) is 0.0714. The van der Waals surface area contributed by atoms with Crippen molar-refractivity contribution in [3.63, 3.8) is 0 Å². The van der Waals surface area contributed by atoms with E-state index in [0.717, 1.165) is 12.1 Å². The second kappa shape index (κ2) is 6.25. The van der Waals surface area contributed by atoms with Crippen molar-refractivity contribution in [2.75, 3.05) is 11.8 Å². The highest BCUT2D eigenvalue weighted by molar-refractivity contribution is 7.92. The van der Waals surface area contributed by atoms with Crippen molar-refractivity contribution in [2.24, 2.45) is 0 Å². The molecular weight excluding hydrogens is 330 g/mol. The second-order valence-electron chi connectivity index (χ2n) is 4.27. The van der Waals surface area contributed by atoms with Crippen LogP contribution in [0.2, 0.25) is 5.02 Å². The van der Waals surface area contributed by atoms with Crippen LogP contribution in [0.3, 0.4) is 0 Å². The fourth-order valence-corrected chi connectivity index (χ4v) is 3.02. The zero-order valence-corrected chi connectivity index (χ0v) is 12.9. The maximum atomic E-state index is 12.2. The largest absolute Gasteiger partial charge is 0.545 e. The number of ether oxygens (including phenoxy) is 1. The molecule has 0 fully saturated rings. The van der Waals surface area contributed by atoms with Crippen LogP contribution in [0.1, 0.15) is 10.4 Å². The van der Waals surface area contributed by atoms with Gasteiger partial charge < -0.3 is 14.6 Å². The highest BCUT2D eigenvalue weighted by Gasteiger charge is 2.15. The summed E-state index contributed by atoms with van der Waals surface area (Å²) in [4.78, 5) is 10.6. The number of hydrogen-bond acceptors (Lipinski definition) is 5. The molecule has 0 unspecified atom stereocenters. The van der Waals surface area contributed by atoms with E-state index in [-0.39, 0.29) is 21.2 Å². The lowest BCUT2D eigenvalue weighted by Crippen LogP contribution is -2.22. The minimum absolute atomic E-state index is 0.0792. The molecule has 0 amide bonds. The van der Waals surface area contributed by atoms with E-state index < -0.39 is 16.0 Å². The van der Waals surface area contributed by atoms with Crippen LogP contribution in [-0.4, -0.2) is 21.5 Å². The quantitative estimate of drug-likeness (QED) is 0.890. The van der Waals surface area contributed by atoms with Crippen LogP contribution >= 0.6 is 11.6 Å². The first kappa shape index (κ1) is 16.1. The number of hydrogen-bond donors (Lipinski definition) is 1. The third kappa shape index (κ3) is 3.49. The molecule has 0 radical (unpaired) electrons. The predicted octanol–water partition coefficient (Wildman–Crippen LogP) is 1.51. The van der Waals surface area contributed by atoms with E-state index in [1.165, 1.54) is 37.4 Å². The number of halogens is 1. The van der Waals surface area contributed by atoms with Crippen molar-refractivity contribution in [3.8, 4) is 5.75 Å². The Balaban J connectivity index is 2.27. The Kier molecular flexibility index (Phi) is 4.58. The average Bonchev–Trinajstić information content (AvgIpc) is 2.47. The van der Waals surface area contributed by atoms with Crippen LogP contribution in [0.25, 0.3) is 0 Å². The van der Waals surface area contributed by atoms with Gasteiger partial charge in [-0.2, -0.15) is 0 Å². The van der Waals surface area contributed by atoms with Crippen molar-refractivity contribution in [1.82, 2.24) is 0 Å². The summed E-state index contributed by atoms with van der Waals surface area (Å²) in [6.07, 6.45) is 0. The summed E-state index contributed by atoms with van der Waals surface area (Å²) in [6.45, 7) is 0. The molecule has 116 valence electrons. The van der Waals surface area contributed by atoms with Crippen molar-refractivity contribution in [1.29, 1.82) is 0 Å². The van der Waals surface area contributed by atoms with Crippen LogP contribution < -0.4 is 14.6 Å². The van der Waals surface area contributed by atoms with E-state index in [4.69, 9.17) is 16.3 Å². The lowest BCUT2D eigenvalue weighted by Gasteiger charge is -2.10. The standard InChI is InChI=1S/C14H12ClNO5S/c1-21-13-7-4-10(8-12(13)15)16-22(19,20)11-5-2-9(3-6-11)14(17)18/h2-8,16H,1H3,(H,17,18)/p-1. The van der Waals surface area contributed by atoms with Gasteiger partial charge in [0.1, 0.15) is 5.75 Å². The molecule has 0 aliphatic rings. The molecular formula is C14H11ClNO5S-. The number of anilines is 1. The van der Waals surface area contributed by atoms with Crippen LogP contribution in [0.15, 0.2) is 47.4 Å². The number of carboxylic acid groups (broad SMARTS) is 1. The van der Waals surface area contributed by atoms with Gasteiger partial charge in [-0.05, 0) is 35.9 Å². The number of benzene rings is 2. The van der Waals surface area contributed by atoms with Crippen LogP contribution in [0, 0.1) is 0 Å². The smallest absolute Gasteiger partial charge is 0.261 e. The molecule has 0 aromatic heterocycles. The van der Waals surface area contributed by atoms with E-state index in [2.05, 4.69) is 4.72 Å². The summed E-state index contributed by atoms with van der Waals surface area (Å²) in [5.41, 5.74) is 0.154. The summed E-state index contributed by atoms with van der Waals surface area (Å²) in [5.74, 6) is -0.957. The Bertz CT molecular complexity index is 802. The first-order valence-corrected chi connectivity index (χ1v) is 7.87. The molecule has 2 aromatic carbocycles. The number of sulfonamides is 1. The second-order valence-corrected chi connectivity index (χ2v) is 6.36. The number of nitrogens with one attached hydrogen (secondary N) is 1. The molecule has 2 aromatic rings.